The molecule has 0 aliphatic heterocycles. The minimum absolute atomic E-state index is 0.0666. The van der Waals surface area contributed by atoms with Gasteiger partial charge in [0.25, 0.3) is 0 Å². The predicted octanol–water partition coefficient (Wildman–Crippen LogP) is 3.46. The predicted molar refractivity (Wildman–Crippen MR) is 118 cm³/mol. The van der Waals surface area contributed by atoms with E-state index in [0.29, 0.717) is 32.8 Å². The molecule has 0 aromatic heterocycles. The number of hydrogen-bond donors (Lipinski definition) is 1. The standard InChI is InChI=1S/C21H43NO7Si/c1-8-21(9-2,30(27-12-5,28-13-6)29-14-7)15-16-22-18(20(24)26-11-4)17-19(23)25-10-3/h18,22H,8-17H2,1-7H3. The minimum Gasteiger partial charge on any atom is -0.466 e. The van der Waals surface area contributed by atoms with E-state index < -0.39 is 26.8 Å². The van der Waals surface area contributed by atoms with Crippen LogP contribution in [-0.4, -0.2) is 66.4 Å². The molecule has 0 aliphatic rings. The zero-order chi connectivity index (χ0) is 23.0. The molecule has 0 aliphatic carbocycles. The van der Waals surface area contributed by atoms with Crippen molar-refractivity contribution in [1.29, 1.82) is 0 Å². The highest BCUT2D eigenvalue weighted by molar-refractivity contribution is 6.64. The van der Waals surface area contributed by atoms with E-state index in [4.69, 9.17) is 22.8 Å². The van der Waals surface area contributed by atoms with Crippen molar-refractivity contribution in [2.45, 2.75) is 85.2 Å². The summed E-state index contributed by atoms with van der Waals surface area (Å²) in [5.74, 6) is -0.881. The number of nitrogens with one attached hydrogen (secondary N) is 1. The van der Waals surface area contributed by atoms with E-state index >= 15 is 0 Å². The van der Waals surface area contributed by atoms with Gasteiger partial charge in [0.05, 0.1) is 19.6 Å². The van der Waals surface area contributed by atoms with Crippen LogP contribution in [0.15, 0.2) is 0 Å². The molecule has 178 valence electrons. The highest BCUT2D eigenvalue weighted by Gasteiger charge is 2.58. The molecule has 1 unspecified atom stereocenters. The van der Waals surface area contributed by atoms with Crippen molar-refractivity contribution < 1.29 is 32.3 Å². The van der Waals surface area contributed by atoms with Gasteiger partial charge in [0.2, 0.25) is 0 Å². The molecule has 0 spiro atoms. The van der Waals surface area contributed by atoms with Crippen molar-refractivity contribution in [3.05, 3.63) is 0 Å². The molecule has 0 fully saturated rings. The van der Waals surface area contributed by atoms with Gasteiger partial charge in [0.15, 0.2) is 0 Å². The van der Waals surface area contributed by atoms with Crippen LogP contribution in [0.5, 0.6) is 0 Å². The van der Waals surface area contributed by atoms with E-state index in [-0.39, 0.29) is 24.7 Å². The summed E-state index contributed by atoms with van der Waals surface area (Å²) in [7, 11) is -2.98. The first-order valence-electron chi connectivity index (χ1n) is 11.3. The number of esters is 2. The Bertz CT molecular complexity index is 469. The third-order valence-electron chi connectivity index (χ3n) is 5.25. The van der Waals surface area contributed by atoms with Gasteiger partial charge in [-0.1, -0.05) is 13.8 Å². The molecule has 0 amide bonds. The zero-order valence-electron chi connectivity index (χ0n) is 20.0. The molecule has 30 heavy (non-hydrogen) atoms. The molecular formula is C21H43NO7Si. The molecule has 0 bridgehead atoms. The normalized spacial score (nSPS) is 13.2. The lowest BCUT2D eigenvalue weighted by Gasteiger charge is -2.45. The summed E-state index contributed by atoms with van der Waals surface area (Å²) in [4.78, 5) is 24.3. The summed E-state index contributed by atoms with van der Waals surface area (Å²) < 4.78 is 28.7. The summed E-state index contributed by atoms with van der Waals surface area (Å²) >= 11 is 0. The van der Waals surface area contributed by atoms with Gasteiger partial charge in [0, 0.05) is 24.9 Å². The second kappa shape index (κ2) is 15.7. The van der Waals surface area contributed by atoms with E-state index in [9.17, 15) is 9.59 Å². The molecule has 0 aromatic carbocycles. The summed E-state index contributed by atoms with van der Waals surface area (Å²) in [6, 6.07) is -0.752. The molecule has 1 N–H and O–H groups in total. The summed E-state index contributed by atoms with van der Waals surface area (Å²) in [5, 5.41) is 2.90. The molecule has 0 saturated heterocycles. The molecular weight excluding hydrogens is 406 g/mol. The van der Waals surface area contributed by atoms with Crippen LogP contribution in [0.1, 0.15) is 74.1 Å². The van der Waals surface area contributed by atoms with Crippen LogP contribution in [0.3, 0.4) is 0 Å². The van der Waals surface area contributed by atoms with Crippen LogP contribution in [-0.2, 0) is 32.3 Å². The average Bonchev–Trinajstić information content (AvgIpc) is 2.71. The maximum absolute atomic E-state index is 12.3. The Morgan fingerprint density at radius 2 is 1.30 bits per heavy atom. The van der Waals surface area contributed by atoms with Gasteiger partial charge < -0.3 is 28.1 Å². The lowest BCUT2D eigenvalue weighted by Crippen LogP contribution is -2.57. The number of ether oxygens (including phenoxy) is 2. The van der Waals surface area contributed by atoms with Crippen molar-refractivity contribution >= 4 is 20.7 Å². The SMILES string of the molecule is CCOC(=O)CC(NCCC(CC)(CC)[Si](OCC)(OCC)OCC)C(=O)OCC. The van der Waals surface area contributed by atoms with Crippen LogP contribution in [0.2, 0.25) is 5.04 Å². The molecule has 8 nitrogen and oxygen atoms in total. The Hall–Kier alpha value is -1.00. The third kappa shape index (κ3) is 8.26. The monoisotopic (exact) mass is 449 g/mol. The van der Waals surface area contributed by atoms with Gasteiger partial charge in [-0.3, -0.25) is 9.59 Å². The summed E-state index contributed by atoms with van der Waals surface area (Å²) in [6.07, 6.45) is 2.26. The fourth-order valence-electron chi connectivity index (χ4n) is 3.70. The van der Waals surface area contributed by atoms with Crippen LogP contribution < -0.4 is 5.32 Å². The second-order valence-electron chi connectivity index (χ2n) is 6.86. The maximum Gasteiger partial charge on any atom is 0.507 e. The van der Waals surface area contributed by atoms with Gasteiger partial charge in [-0.05, 0) is 60.4 Å². The zero-order valence-corrected chi connectivity index (χ0v) is 21.0. The van der Waals surface area contributed by atoms with Gasteiger partial charge in [-0.15, -0.1) is 0 Å². The second-order valence-corrected chi connectivity index (χ2v) is 9.90. The van der Waals surface area contributed by atoms with E-state index in [1.54, 1.807) is 13.8 Å². The Morgan fingerprint density at radius 1 is 0.800 bits per heavy atom. The largest absolute Gasteiger partial charge is 0.507 e. The highest BCUT2D eigenvalue weighted by Crippen LogP contribution is 2.49. The fraction of sp³-hybridized carbons (Fsp3) is 0.905. The highest BCUT2D eigenvalue weighted by atomic mass is 28.4. The third-order valence-corrected chi connectivity index (χ3v) is 9.51. The fourth-order valence-corrected chi connectivity index (χ4v) is 7.30. The number of carbonyl (C=O) groups excluding carboxylic acids is 2. The quantitative estimate of drug-likeness (QED) is 0.251. The minimum atomic E-state index is -2.98. The number of carbonyl (C=O) groups is 2. The molecule has 1 atom stereocenters. The van der Waals surface area contributed by atoms with Crippen molar-refractivity contribution in [2.24, 2.45) is 0 Å². The average molecular weight is 450 g/mol. The first-order chi connectivity index (χ1) is 14.4. The molecule has 0 radical (unpaired) electrons. The van der Waals surface area contributed by atoms with Crippen LogP contribution in [0.25, 0.3) is 0 Å². The van der Waals surface area contributed by atoms with Gasteiger partial charge in [0.1, 0.15) is 6.04 Å². The van der Waals surface area contributed by atoms with Crippen LogP contribution in [0.4, 0.5) is 0 Å². The molecule has 9 heteroatoms. The Morgan fingerprint density at radius 3 is 1.70 bits per heavy atom. The van der Waals surface area contributed by atoms with Crippen molar-refractivity contribution in [3.8, 4) is 0 Å². The lowest BCUT2D eigenvalue weighted by molar-refractivity contribution is -0.152. The summed E-state index contributed by atoms with van der Waals surface area (Å²) in [5.41, 5.74) is 0. The lowest BCUT2D eigenvalue weighted by atomic mass is 9.97. The van der Waals surface area contributed by atoms with E-state index in [2.05, 4.69) is 19.2 Å². The van der Waals surface area contributed by atoms with E-state index in [1.165, 1.54) is 0 Å². The number of rotatable bonds is 18. The van der Waals surface area contributed by atoms with E-state index in [0.717, 1.165) is 12.8 Å². The smallest absolute Gasteiger partial charge is 0.466 e. The van der Waals surface area contributed by atoms with Crippen LogP contribution in [0, 0.1) is 0 Å². The Balaban J connectivity index is 5.50. The molecule has 0 aromatic rings. The van der Waals surface area contributed by atoms with Gasteiger partial charge >= 0.3 is 20.7 Å². The Labute approximate surface area is 183 Å². The topological polar surface area (TPSA) is 92.3 Å². The van der Waals surface area contributed by atoms with E-state index in [1.807, 2.05) is 20.8 Å². The molecule has 0 rings (SSSR count). The summed E-state index contributed by atoms with van der Waals surface area (Å²) in [6.45, 7) is 16.1. The first kappa shape index (κ1) is 29.0. The molecule has 0 heterocycles. The first-order valence-corrected chi connectivity index (χ1v) is 13.1. The van der Waals surface area contributed by atoms with Crippen molar-refractivity contribution in [3.63, 3.8) is 0 Å². The van der Waals surface area contributed by atoms with Crippen LogP contribution >= 0.6 is 0 Å². The van der Waals surface area contributed by atoms with Gasteiger partial charge in [-0.2, -0.15) is 0 Å². The maximum atomic E-state index is 12.3. The molecule has 0 saturated carbocycles. The van der Waals surface area contributed by atoms with Crippen molar-refractivity contribution in [1.82, 2.24) is 5.32 Å². The van der Waals surface area contributed by atoms with Crippen molar-refractivity contribution in [2.75, 3.05) is 39.6 Å². The Kier molecular flexibility index (Phi) is 15.2. The number of hydrogen-bond acceptors (Lipinski definition) is 8. The van der Waals surface area contributed by atoms with Gasteiger partial charge in [-0.25, -0.2) is 0 Å².